The van der Waals surface area contributed by atoms with Gasteiger partial charge in [-0.05, 0) is 51.2 Å². The number of hydrogen-bond acceptors (Lipinski definition) is 4. The van der Waals surface area contributed by atoms with Gasteiger partial charge in [-0.2, -0.15) is 13.2 Å². The number of ether oxygens (including phenoxy) is 2. The largest absolute Gasteiger partial charge is 0.509 e. The lowest BCUT2D eigenvalue weighted by molar-refractivity contribution is -0.192. The Labute approximate surface area is 172 Å². The van der Waals surface area contributed by atoms with Crippen LogP contribution < -0.4 is 4.29 Å². The Kier molecular flexibility index (Phi) is 7.53. The van der Waals surface area contributed by atoms with Gasteiger partial charge in [0.1, 0.15) is 29.8 Å². The Balaban J connectivity index is 2.27. The van der Waals surface area contributed by atoms with Crippen molar-refractivity contribution in [2.45, 2.75) is 57.4 Å². The van der Waals surface area contributed by atoms with E-state index in [0.717, 1.165) is 5.56 Å². The average molecular weight is 443 g/mol. The number of methoxy groups -OCH3 is 1. The SMILES string of the molecule is COC1(/C(O)=C(\C)c2c(C)cc(Cl)cc2OCl)CCC(OCC(F)(F)F)CC1. The molecular weight excluding hydrogens is 420 g/mol. The van der Waals surface area contributed by atoms with E-state index >= 15 is 0 Å². The lowest BCUT2D eigenvalue weighted by Gasteiger charge is -2.39. The Hall–Kier alpha value is -1.15. The van der Waals surface area contributed by atoms with Crippen molar-refractivity contribution in [3.05, 3.63) is 34.0 Å². The van der Waals surface area contributed by atoms with Crippen molar-refractivity contribution in [2.75, 3.05) is 13.7 Å². The highest BCUT2D eigenvalue weighted by molar-refractivity contribution is 6.31. The highest BCUT2D eigenvalue weighted by Crippen LogP contribution is 2.43. The van der Waals surface area contributed by atoms with Crippen molar-refractivity contribution in [3.63, 3.8) is 0 Å². The molecule has 0 heterocycles. The number of aliphatic hydroxyl groups excluding tert-OH is 1. The van der Waals surface area contributed by atoms with Crippen LogP contribution in [-0.4, -0.2) is 36.7 Å². The predicted molar refractivity (Wildman–Crippen MR) is 102 cm³/mol. The summed E-state index contributed by atoms with van der Waals surface area (Å²) in [5.41, 5.74) is 0.823. The van der Waals surface area contributed by atoms with Crippen molar-refractivity contribution >= 4 is 29.0 Å². The maximum atomic E-state index is 12.4. The molecule has 1 fully saturated rings. The van der Waals surface area contributed by atoms with E-state index in [4.69, 9.17) is 37.2 Å². The molecule has 1 aliphatic rings. The molecule has 1 aliphatic carbocycles. The van der Waals surface area contributed by atoms with Gasteiger partial charge >= 0.3 is 6.18 Å². The maximum Gasteiger partial charge on any atom is 0.411 e. The van der Waals surface area contributed by atoms with Gasteiger partial charge in [-0.3, -0.25) is 0 Å². The van der Waals surface area contributed by atoms with Crippen LogP contribution in [0.1, 0.15) is 43.7 Å². The second-order valence-electron chi connectivity index (χ2n) is 6.97. The second kappa shape index (κ2) is 9.11. The molecule has 0 saturated heterocycles. The topological polar surface area (TPSA) is 47.9 Å². The average Bonchev–Trinajstić information content (AvgIpc) is 2.64. The number of aryl methyl sites for hydroxylation is 1. The molecule has 1 saturated carbocycles. The lowest BCUT2D eigenvalue weighted by Crippen LogP contribution is -2.41. The van der Waals surface area contributed by atoms with E-state index in [1.165, 1.54) is 13.2 Å². The molecule has 0 spiro atoms. The fourth-order valence-corrected chi connectivity index (χ4v) is 4.07. The van der Waals surface area contributed by atoms with Crippen molar-refractivity contribution in [1.82, 2.24) is 0 Å². The smallest absolute Gasteiger partial charge is 0.411 e. The maximum absolute atomic E-state index is 12.4. The van der Waals surface area contributed by atoms with Crippen LogP contribution in [0.15, 0.2) is 17.9 Å². The number of alkyl halides is 3. The predicted octanol–water partition coefficient (Wildman–Crippen LogP) is 6.38. The molecule has 0 aliphatic heterocycles. The summed E-state index contributed by atoms with van der Waals surface area (Å²) in [6, 6.07) is 3.25. The molecule has 1 aromatic rings. The van der Waals surface area contributed by atoms with E-state index in [1.807, 2.05) is 0 Å². The monoisotopic (exact) mass is 442 g/mol. The molecule has 9 heteroatoms. The Morgan fingerprint density at radius 1 is 1.29 bits per heavy atom. The molecule has 0 aromatic heterocycles. The first-order chi connectivity index (χ1) is 13.0. The van der Waals surface area contributed by atoms with Gasteiger partial charge in [0, 0.05) is 29.3 Å². The van der Waals surface area contributed by atoms with Crippen LogP contribution in [0.4, 0.5) is 13.2 Å². The minimum absolute atomic E-state index is 0.00957. The van der Waals surface area contributed by atoms with Crippen LogP contribution in [0.5, 0.6) is 5.75 Å². The fourth-order valence-electron chi connectivity index (χ4n) is 3.69. The molecule has 0 amide bonds. The summed E-state index contributed by atoms with van der Waals surface area (Å²) in [4.78, 5) is 0. The molecule has 0 unspecified atom stereocenters. The highest BCUT2D eigenvalue weighted by atomic mass is 35.5. The van der Waals surface area contributed by atoms with E-state index in [0.29, 0.717) is 47.6 Å². The molecule has 4 nitrogen and oxygen atoms in total. The summed E-state index contributed by atoms with van der Waals surface area (Å²) in [6.45, 7) is 2.23. The van der Waals surface area contributed by atoms with E-state index in [-0.39, 0.29) is 5.76 Å². The standard InChI is InChI=1S/C19H23Cl2F3O4/c1-11-8-13(20)9-15(28-21)16(11)12(2)17(25)18(26-3)6-4-14(5-7-18)27-10-19(22,23)24/h8-9,14,25H,4-7,10H2,1-3H3/b17-12-. The second-order valence-corrected chi connectivity index (χ2v) is 7.56. The number of hydrogen-bond donors (Lipinski definition) is 1. The summed E-state index contributed by atoms with van der Waals surface area (Å²) in [5.74, 6) is 0.286. The first kappa shape index (κ1) is 23.1. The van der Waals surface area contributed by atoms with Gasteiger partial charge in [0.25, 0.3) is 0 Å². The molecular formula is C19H23Cl2F3O4. The molecule has 158 valence electrons. The van der Waals surface area contributed by atoms with Crippen LogP contribution in [0, 0.1) is 6.92 Å². The first-order valence-electron chi connectivity index (χ1n) is 8.76. The third-order valence-electron chi connectivity index (χ3n) is 5.12. The van der Waals surface area contributed by atoms with Crippen LogP contribution in [0.3, 0.4) is 0 Å². The third kappa shape index (κ3) is 5.26. The molecule has 28 heavy (non-hydrogen) atoms. The van der Waals surface area contributed by atoms with E-state index in [1.54, 1.807) is 19.9 Å². The minimum atomic E-state index is -4.36. The molecule has 1 N–H and O–H groups in total. The number of halogens is 5. The van der Waals surface area contributed by atoms with E-state index < -0.39 is 24.5 Å². The van der Waals surface area contributed by atoms with Crippen molar-refractivity contribution in [2.24, 2.45) is 0 Å². The Morgan fingerprint density at radius 3 is 2.39 bits per heavy atom. The first-order valence-corrected chi connectivity index (χ1v) is 9.44. The summed E-state index contributed by atoms with van der Waals surface area (Å²) in [6.07, 6.45) is -3.59. The van der Waals surface area contributed by atoms with Crippen LogP contribution in [0.25, 0.3) is 5.57 Å². The van der Waals surface area contributed by atoms with Crippen LogP contribution in [-0.2, 0) is 9.47 Å². The van der Waals surface area contributed by atoms with Crippen molar-refractivity contribution in [3.8, 4) is 5.75 Å². The van der Waals surface area contributed by atoms with Crippen LogP contribution >= 0.6 is 23.5 Å². The molecule has 2 rings (SSSR count). The number of rotatable bonds is 6. The van der Waals surface area contributed by atoms with Crippen molar-refractivity contribution in [1.29, 1.82) is 0 Å². The summed E-state index contributed by atoms with van der Waals surface area (Å²) in [5, 5.41) is 11.4. The van der Waals surface area contributed by atoms with Gasteiger partial charge in [-0.25, -0.2) is 0 Å². The Bertz CT molecular complexity index is 727. The van der Waals surface area contributed by atoms with Gasteiger partial charge in [-0.15, -0.1) is 0 Å². The normalized spacial score (nSPS) is 24.1. The van der Waals surface area contributed by atoms with Gasteiger partial charge < -0.3 is 18.9 Å². The molecule has 0 bridgehead atoms. The minimum Gasteiger partial charge on any atom is -0.509 e. The van der Waals surface area contributed by atoms with Crippen LogP contribution in [0.2, 0.25) is 5.02 Å². The van der Waals surface area contributed by atoms with Crippen molar-refractivity contribution < 1.29 is 32.0 Å². The van der Waals surface area contributed by atoms with E-state index in [2.05, 4.69) is 0 Å². The highest BCUT2D eigenvalue weighted by Gasteiger charge is 2.42. The number of aliphatic hydroxyl groups is 1. The Morgan fingerprint density at radius 2 is 1.89 bits per heavy atom. The number of allylic oxidation sites excluding steroid dienone is 1. The zero-order chi connectivity index (χ0) is 21.1. The lowest BCUT2D eigenvalue weighted by atomic mass is 9.79. The summed E-state index contributed by atoms with van der Waals surface area (Å²) < 4.78 is 52.5. The van der Waals surface area contributed by atoms with Gasteiger partial charge in [0.2, 0.25) is 0 Å². The number of benzene rings is 1. The quantitative estimate of drug-likeness (QED) is 0.519. The molecule has 1 aromatic carbocycles. The zero-order valence-electron chi connectivity index (χ0n) is 15.8. The third-order valence-corrected chi connectivity index (χ3v) is 5.51. The van der Waals surface area contributed by atoms with Gasteiger partial charge in [-0.1, -0.05) is 11.6 Å². The van der Waals surface area contributed by atoms with Gasteiger partial charge in [0.15, 0.2) is 5.75 Å². The zero-order valence-corrected chi connectivity index (χ0v) is 17.3. The van der Waals surface area contributed by atoms with E-state index in [9.17, 15) is 18.3 Å². The fraction of sp³-hybridized carbons (Fsp3) is 0.579. The summed E-state index contributed by atoms with van der Waals surface area (Å²) >= 11 is 11.6. The summed E-state index contributed by atoms with van der Waals surface area (Å²) in [7, 11) is 1.47. The van der Waals surface area contributed by atoms with Gasteiger partial charge in [0.05, 0.1) is 6.10 Å². The molecule has 0 atom stereocenters. The molecule has 0 radical (unpaired) electrons.